The second kappa shape index (κ2) is 7.18. The SMILES string of the molecule is CCNc1n[nH]c2cc(NC(=O)NCc3cccc(Cl)c3)ncc12. The van der Waals surface area contributed by atoms with Gasteiger partial charge in [-0.15, -0.1) is 0 Å². The number of hydrogen-bond acceptors (Lipinski definition) is 4. The van der Waals surface area contributed by atoms with E-state index in [1.807, 2.05) is 19.1 Å². The van der Waals surface area contributed by atoms with E-state index in [9.17, 15) is 4.79 Å². The van der Waals surface area contributed by atoms with Crippen LogP contribution in [0.4, 0.5) is 16.4 Å². The summed E-state index contributed by atoms with van der Waals surface area (Å²) in [5, 5.41) is 17.2. The summed E-state index contributed by atoms with van der Waals surface area (Å²) in [6.45, 7) is 3.14. The first-order valence-corrected chi connectivity index (χ1v) is 7.91. The molecule has 0 unspecified atom stereocenters. The van der Waals surface area contributed by atoms with Crippen molar-refractivity contribution in [2.45, 2.75) is 13.5 Å². The Morgan fingerprint density at radius 3 is 3.00 bits per heavy atom. The third-order valence-corrected chi connectivity index (χ3v) is 3.61. The van der Waals surface area contributed by atoms with Crippen LogP contribution in [0.25, 0.3) is 10.9 Å². The van der Waals surface area contributed by atoms with Crippen molar-refractivity contribution in [2.24, 2.45) is 0 Å². The van der Waals surface area contributed by atoms with Gasteiger partial charge >= 0.3 is 6.03 Å². The van der Waals surface area contributed by atoms with Gasteiger partial charge in [-0.05, 0) is 24.6 Å². The van der Waals surface area contributed by atoms with Crippen LogP contribution in [0.15, 0.2) is 36.5 Å². The largest absolute Gasteiger partial charge is 0.368 e. The number of carbonyl (C=O) groups is 1. The van der Waals surface area contributed by atoms with Crippen molar-refractivity contribution in [2.75, 3.05) is 17.2 Å². The third kappa shape index (κ3) is 3.75. The standard InChI is InChI=1S/C16H17ClN6O/c1-2-18-15-12-9-19-14(7-13(12)22-23-15)21-16(24)20-8-10-4-3-5-11(17)6-10/h3-7,9H,2,8H2,1H3,(H2,18,22,23)(H2,19,20,21,24). The number of pyridine rings is 1. The van der Waals surface area contributed by atoms with E-state index >= 15 is 0 Å². The van der Waals surface area contributed by atoms with Crippen LogP contribution in [0.1, 0.15) is 12.5 Å². The molecule has 124 valence electrons. The van der Waals surface area contributed by atoms with Gasteiger partial charge in [0.05, 0.1) is 10.9 Å². The second-order valence-corrected chi connectivity index (χ2v) is 5.59. The molecule has 4 N–H and O–H groups in total. The third-order valence-electron chi connectivity index (χ3n) is 3.38. The van der Waals surface area contributed by atoms with Gasteiger partial charge in [-0.2, -0.15) is 5.10 Å². The van der Waals surface area contributed by atoms with E-state index in [1.165, 1.54) is 0 Å². The highest BCUT2D eigenvalue weighted by Crippen LogP contribution is 2.21. The number of hydrogen-bond donors (Lipinski definition) is 4. The number of amides is 2. The summed E-state index contributed by atoms with van der Waals surface area (Å²) < 4.78 is 0. The first kappa shape index (κ1) is 16.1. The van der Waals surface area contributed by atoms with Crippen molar-refractivity contribution in [1.82, 2.24) is 20.5 Å². The van der Waals surface area contributed by atoms with Crippen LogP contribution in [0.5, 0.6) is 0 Å². The quantitative estimate of drug-likeness (QED) is 0.570. The molecule has 0 radical (unpaired) electrons. The average molecular weight is 345 g/mol. The Balaban J connectivity index is 1.62. The van der Waals surface area contributed by atoms with Crippen LogP contribution < -0.4 is 16.0 Å². The van der Waals surface area contributed by atoms with Gasteiger partial charge in [0.25, 0.3) is 0 Å². The van der Waals surface area contributed by atoms with E-state index in [4.69, 9.17) is 11.6 Å². The number of nitrogens with zero attached hydrogens (tertiary/aromatic N) is 2. The number of aromatic nitrogens is 3. The summed E-state index contributed by atoms with van der Waals surface area (Å²) in [5.74, 6) is 1.19. The van der Waals surface area contributed by atoms with Gasteiger partial charge < -0.3 is 10.6 Å². The van der Waals surface area contributed by atoms with E-state index in [2.05, 4.69) is 31.1 Å². The molecule has 1 aromatic carbocycles. The lowest BCUT2D eigenvalue weighted by Crippen LogP contribution is -2.28. The van der Waals surface area contributed by atoms with Crippen LogP contribution >= 0.6 is 11.6 Å². The number of anilines is 2. The molecule has 0 bridgehead atoms. The van der Waals surface area contributed by atoms with E-state index in [1.54, 1.807) is 24.4 Å². The van der Waals surface area contributed by atoms with Crippen molar-refractivity contribution < 1.29 is 4.79 Å². The van der Waals surface area contributed by atoms with Gasteiger partial charge in [0.2, 0.25) is 0 Å². The van der Waals surface area contributed by atoms with Crippen LogP contribution in [0.2, 0.25) is 5.02 Å². The number of rotatable bonds is 5. The molecule has 2 aromatic heterocycles. The molecule has 0 saturated carbocycles. The number of carbonyl (C=O) groups excluding carboxylic acids is 1. The van der Waals surface area contributed by atoms with Crippen molar-refractivity contribution in [3.63, 3.8) is 0 Å². The van der Waals surface area contributed by atoms with Gasteiger partial charge in [0.1, 0.15) is 5.82 Å². The first-order valence-electron chi connectivity index (χ1n) is 7.53. The fourth-order valence-electron chi connectivity index (χ4n) is 2.27. The lowest BCUT2D eigenvalue weighted by atomic mass is 10.2. The van der Waals surface area contributed by atoms with Crippen molar-refractivity contribution in [3.8, 4) is 0 Å². The maximum absolute atomic E-state index is 12.0. The summed E-state index contributed by atoms with van der Waals surface area (Å²) in [5.41, 5.74) is 1.72. The molecule has 0 spiro atoms. The Bertz CT molecular complexity index is 863. The summed E-state index contributed by atoms with van der Waals surface area (Å²) in [6.07, 6.45) is 1.67. The lowest BCUT2D eigenvalue weighted by molar-refractivity contribution is 0.251. The molecule has 2 amide bonds. The molecule has 0 fully saturated rings. The minimum Gasteiger partial charge on any atom is -0.368 e. The van der Waals surface area contributed by atoms with Crippen LogP contribution in [0, 0.1) is 0 Å². The van der Waals surface area contributed by atoms with E-state index < -0.39 is 0 Å². The Kier molecular flexibility index (Phi) is 4.81. The Morgan fingerprint density at radius 1 is 1.33 bits per heavy atom. The summed E-state index contributed by atoms with van der Waals surface area (Å²) in [4.78, 5) is 16.2. The van der Waals surface area contributed by atoms with E-state index in [0.717, 1.165) is 28.8 Å². The van der Waals surface area contributed by atoms with Gasteiger partial charge in [-0.25, -0.2) is 9.78 Å². The Hall–Kier alpha value is -2.80. The van der Waals surface area contributed by atoms with Gasteiger partial charge in [0, 0.05) is 30.4 Å². The molecule has 0 atom stereocenters. The molecule has 0 aliphatic carbocycles. The number of nitrogens with one attached hydrogen (secondary N) is 4. The van der Waals surface area contributed by atoms with Crippen molar-refractivity contribution in [1.29, 1.82) is 0 Å². The average Bonchev–Trinajstić information content (AvgIpc) is 2.96. The number of aromatic amines is 1. The maximum atomic E-state index is 12.0. The fourth-order valence-corrected chi connectivity index (χ4v) is 2.49. The number of benzene rings is 1. The normalized spacial score (nSPS) is 10.6. The molecule has 8 heteroatoms. The lowest BCUT2D eigenvalue weighted by Gasteiger charge is -2.07. The highest BCUT2D eigenvalue weighted by Gasteiger charge is 2.08. The summed E-state index contributed by atoms with van der Waals surface area (Å²) in [7, 11) is 0. The molecular weight excluding hydrogens is 328 g/mol. The Labute approximate surface area is 143 Å². The van der Waals surface area contributed by atoms with E-state index in [0.29, 0.717) is 17.4 Å². The van der Waals surface area contributed by atoms with Gasteiger partial charge in [-0.3, -0.25) is 10.4 Å². The van der Waals surface area contributed by atoms with Crippen LogP contribution in [-0.2, 0) is 6.54 Å². The maximum Gasteiger partial charge on any atom is 0.320 e. The summed E-state index contributed by atoms with van der Waals surface area (Å²) in [6, 6.07) is 8.72. The molecule has 0 aliphatic heterocycles. The second-order valence-electron chi connectivity index (χ2n) is 5.16. The minimum atomic E-state index is -0.340. The molecule has 0 saturated heterocycles. The zero-order chi connectivity index (χ0) is 16.9. The number of H-pyrrole nitrogens is 1. The molecule has 2 heterocycles. The van der Waals surface area contributed by atoms with Crippen LogP contribution in [0.3, 0.4) is 0 Å². The number of halogens is 1. The molecule has 7 nitrogen and oxygen atoms in total. The van der Waals surface area contributed by atoms with Crippen molar-refractivity contribution >= 4 is 40.2 Å². The van der Waals surface area contributed by atoms with Crippen LogP contribution in [-0.4, -0.2) is 27.8 Å². The zero-order valence-corrected chi connectivity index (χ0v) is 13.8. The first-order chi connectivity index (χ1) is 11.7. The van der Waals surface area contributed by atoms with Gasteiger partial charge in [0.15, 0.2) is 5.82 Å². The minimum absolute atomic E-state index is 0.340. The molecule has 3 aromatic rings. The highest BCUT2D eigenvalue weighted by atomic mass is 35.5. The van der Waals surface area contributed by atoms with Crippen molar-refractivity contribution in [3.05, 3.63) is 47.1 Å². The summed E-state index contributed by atoms with van der Waals surface area (Å²) >= 11 is 5.92. The smallest absolute Gasteiger partial charge is 0.320 e. The molecule has 0 aliphatic rings. The Morgan fingerprint density at radius 2 is 2.21 bits per heavy atom. The predicted molar refractivity (Wildman–Crippen MR) is 95.4 cm³/mol. The predicted octanol–water partition coefficient (Wildman–Crippen LogP) is 3.36. The molecule has 24 heavy (non-hydrogen) atoms. The number of fused-ring (bicyclic) bond motifs is 1. The highest BCUT2D eigenvalue weighted by molar-refractivity contribution is 6.30. The number of urea groups is 1. The van der Waals surface area contributed by atoms with E-state index in [-0.39, 0.29) is 6.03 Å². The molecule has 3 rings (SSSR count). The fraction of sp³-hybridized carbons (Fsp3) is 0.188. The molecular formula is C16H17ClN6O. The topological polar surface area (TPSA) is 94.7 Å². The zero-order valence-electron chi connectivity index (χ0n) is 13.1. The monoisotopic (exact) mass is 344 g/mol. The van der Waals surface area contributed by atoms with Gasteiger partial charge in [-0.1, -0.05) is 23.7 Å².